The molecule has 6 rings (SSSR count). The fourth-order valence-corrected chi connectivity index (χ4v) is 5.55. The van der Waals surface area contributed by atoms with Crippen LogP contribution in [0.25, 0.3) is 0 Å². The summed E-state index contributed by atoms with van der Waals surface area (Å²) >= 11 is 0. The molecule has 0 radical (unpaired) electrons. The summed E-state index contributed by atoms with van der Waals surface area (Å²) in [6, 6.07) is 16.1. The summed E-state index contributed by atoms with van der Waals surface area (Å²) in [6.45, 7) is 9.99. The van der Waals surface area contributed by atoms with Crippen LogP contribution in [0, 0.1) is 0 Å². The third-order valence-corrected chi connectivity index (χ3v) is 8.64. The highest BCUT2D eigenvalue weighted by Gasteiger charge is 2.33. The summed E-state index contributed by atoms with van der Waals surface area (Å²) in [5.74, 6) is 3.17. The van der Waals surface area contributed by atoms with Crippen molar-refractivity contribution in [3.63, 3.8) is 0 Å². The molecule has 3 aromatic carbocycles. The molecule has 3 aliphatic heterocycles. The van der Waals surface area contributed by atoms with Crippen LogP contribution in [0.1, 0.15) is 60.7 Å². The summed E-state index contributed by atoms with van der Waals surface area (Å²) < 4.78 is 22.4. The lowest BCUT2D eigenvalue weighted by molar-refractivity contribution is 0.0734. The molecule has 250 valence electrons. The molecule has 0 bridgehead atoms. The van der Waals surface area contributed by atoms with E-state index in [1.165, 1.54) is 0 Å². The highest BCUT2D eigenvalue weighted by Crippen LogP contribution is 2.40. The van der Waals surface area contributed by atoms with Gasteiger partial charge in [0.25, 0.3) is 11.8 Å². The fraction of sp³-hybridized carbons (Fsp3) is 0.417. The third-order valence-electron chi connectivity index (χ3n) is 8.64. The molecule has 2 fully saturated rings. The van der Waals surface area contributed by atoms with Crippen molar-refractivity contribution in [3.8, 4) is 28.7 Å². The molecular weight excluding hydrogens is 598 g/mol. The highest BCUT2D eigenvalue weighted by atomic mass is 16.5. The zero-order valence-corrected chi connectivity index (χ0v) is 27.9. The number of fused-ring (bicyclic) bond motifs is 2. The molecule has 1 atom stereocenters. The first-order chi connectivity index (χ1) is 22.6. The number of nitrogens with zero attached hydrogens (tertiary/aromatic N) is 3. The molecule has 2 amide bonds. The van der Waals surface area contributed by atoms with Crippen LogP contribution in [-0.4, -0.2) is 86.4 Å². The van der Waals surface area contributed by atoms with Crippen molar-refractivity contribution in [1.29, 1.82) is 0 Å². The predicted molar refractivity (Wildman–Crippen MR) is 183 cm³/mol. The summed E-state index contributed by atoms with van der Waals surface area (Å²) in [4.78, 5) is 33.5. The summed E-state index contributed by atoms with van der Waals surface area (Å²) in [5, 5.41) is 3.23. The first-order valence-corrected chi connectivity index (χ1v) is 16.1. The molecule has 1 unspecified atom stereocenters. The van der Waals surface area contributed by atoms with Crippen LogP contribution in [0.4, 0.5) is 11.4 Å². The van der Waals surface area contributed by atoms with Crippen molar-refractivity contribution in [3.05, 3.63) is 65.7 Å². The maximum atomic E-state index is 12.8. The molecule has 3 N–H and O–H groups in total. The van der Waals surface area contributed by atoms with Gasteiger partial charge in [-0.25, -0.2) is 0 Å². The van der Waals surface area contributed by atoms with Crippen LogP contribution in [0.15, 0.2) is 59.6 Å². The van der Waals surface area contributed by atoms with E-state index >= 15 is 0 Å². The van der Waals surface area contributed by atoms with Crippen LogP contribution in [0.3, 0.4) is 0 Å². The minimum atomic E-state index is -0.306. The van der Waals surface area contributed by atoms with Gasteiger partial charge in [-0.3, -0.25) is 14.6 Å². The van der Waals surface area contributed by atoms with E-state index in [2.05, 4.69) is 17.2 Å². The van der Waals surface area contributed by atoms with E-state index in [0.29, 0.717) is 58.6 Å². The number of amides is 2. The highest BCUT2D eigenvalue weighted by molar-refractivity contribution is 6.03. The number of aliphatic imine (C=N–C) groups is 1. The van der Waals surface area contributed by atoms with Crippen molar-refractivity contribution < 1.29 is 28.5 Å². The quantitative estimate of drug-likeness (QED) is 0.300. The van der Waals surface area contributed by atoms with Gasteiger partial charge in [0, 0.05) is 50.6 Å². The molecule has 3 aromatic rings. The molecule has 47 heavy (non-hydrogen) atoms. The number of hydrogen-bond donors (Lipinski definition) is 2. The van der Waals surface area contributed by atoms with E-state index < -0.39 is 0 Å². The summed E-state index contributed by atoms with van der Waals surface area (Å²) in [5.41, 5.74) is 8.02. The van der Waals surface area contributed by atoms with Gasteiger partial charge in [0.2, 0.25) is 0 Å². The standard InChI is InChI=1S/C18H21N3O3.C18H24N2O3/c1-23-14-3-5-15(6-4-14)24-17-7-2-13(12-16(17)19)18(22)21-10-8-20-9-11-21;1-5-18(2,3)23-16-10-14-13(9-15(16)22-4)17(21)20-8-6-7-12(20)11-19-14/h2-7,12,20H,8-11,19H2,1H3;9-12H,5-8H2,1-4H3. The second-order valence-corrected chi connectivity index (χ2v) is 12.3. The van der Waals surface area contributed by atoms with E-state index in [1.807, 2.05) is 48.1 Å². The Labute approximate surface area is 276 Å². The Balaban J connectivity index is 0.000000185. The molecule has 11 nitrogen and oxygen atoms in total. The van der Waals surface area contributed by atoms with E-state index in [-0.39, 0.29) is 23.5 Å². The molecule has 2 saturated heterocycles. The molecule has 3 aliphatic rings. The van der Waals surface area contributed by atoms with Crippen LogP contribution in [0.2, 0.25) is 0 Å². The Kier molecular flexibility index (Phi) is 10.6. The lowest BCUT2D eigenvalue weighted by Crippen LogP contribution is -2.46. The van der Waals surface area contributed by atoms with E-state index in [9.17, 15) is 9.59 Å². The SMILES string of the molecule is CCC(C)(C)Oc1cc2c(cc1OC)C(=O)N1CCCC1C=N2.COc1ccc(Oc2ccc(C(=O)N3CCNCC3)cc2N)cc1. The number of rotatable bonds is 8. The van der Waals surface area contributed by atoms with Gasteiger partial charge in [-0.1, -0.05) is 6.92 Å². The number of nitrogens with one attached hydrogen (secondary N) is 1. The zero-order chi connectivity index (χ0) is 33.6. The van der Waals surface area contributed by atoms with Crippen molar-refractivity contribution in [1.82, 2.24) is 15.1 Å². The van der Waals surface area contributed by atoms with Crippen molar-refractivity contribution >= 4 is 29.4 Å². The average molecular weight is 644 g/mol. The van der Waals surface area contributed by atoms with Crippen molar-refractivity contribution in [2.24, 2.45) is 4.99 Å². The third kappa shape index (κ3) is 7.97. The number of carbonyl (C=O) groups excluding carboxylic acids is 2. The van der Waals surface area contributed by atoms with E-state index in [4.69, 9.17) is 24.7 Å². The van der Waals surface area contributed by atoms with Gasteiger partial charge in [0.05, 0.1) is 37.2 Å². The lowest BCUT2D eigenvalue weighted by atomic mass is 10.1. The molecule has 0 aromatic heterocycles. The number of carbonyl (C=O) groups is 2. The predicted octanol–water partition coefficient (Wildman–Crippen LogP) is 5.70. The van der Waals surface area contributed by atoms with Gasteiger partial charge >= 0.3 is 0 Å². The number of nitrogens with two attached hydrogens (primary N) is 1. The molecule has 0 saturated carbocycles. The number of methoxy groups -OCH3 is 2. The average Bonchev–Trinajstić information content (AvgIpc) is 3.52. The fourth-order valence-electron chi connectivity index (χ4n) is 5.55. The van der Waals surface area contributed by atoms with Crippen molar-refractivity contribution in [2.75, 3.05) is 52.7 Å². The first-order valence-electron chi connectivity index (χ1n) is 16.1. The molecule has 0 spiro atoms. The smallest absolute Gasteiger partial charge is 0.256 e. The van der Waals surface area contributed by atoms with Gasteiger partial charge in [-0.2, -0.15) is 0 Å². The normalized spacial score (nSPS) is 17.1. The Morgan fingerprint density at radius 3 is 2.34 bits per heavy atom. The Hall–Kier alpha value is -4.77. The monoisotopic (exact) mass is 643 g/mol. The Morgan fingerprint density at radius 1 is 0.957 bits per heavy atom. The van der Waals surface area contributed by atoms with E-state index in [0.717, 1.165) is 44.6 Å². The molecule has 11 heteroatoms. The minimum Gasteiger partial charge on any atom is -0.497 e. The lowest BCUT2D eigenvalue weighted by Gasteiger charge is -2.27. The molecular formula is C36H45N5O6. The molecule has 3 heterocycles. The number of ether oxygens (including phenoxy) is 4. The van der Waals surface area contributed by atoms with Crippen molar-refractivity contribution in [2.45, 2.75) is 51.7 Å². The topological polar surface area (TPSA) is 128 Å². The second kappa shape index (κ2) is 14.8. The second-order valence-electron chi connectivity index (χ2n) is 12.3. The number of piperazine rings is 1. The van der Waals surface area contributed by atoms with E-state index in [1.54, 1.807) is 50.6 Å². The van der Waals surface area contributed by atoms with Gasteiger partial charge in [0.15, 0.2) is 11.5 Å². The Bertz CT molecular complexity index is 1600. The molecule has 0 aliphatic carbocycles. The number of hydrogen-bond acceptors (Lipinski definition) is 9. The van der Waals surface area contributed by atoms with Gasteiger partial charge < -0.3 is 39.8 Å². The summed E-state index contributed by atoms with van der Waals surface area (Å²) in [6.07, 6.45) is 4.76. The van der Waals surface area contributed by atoms with Crippen LogP contribution in [-0.2, 0) is 0 Å². The minimum absolute atomic E-state index is 0.000743. The maximum absolute atomic E-state index is 12.8. The largest absolute Gasteiger partial charge is 0.497 e. The number of benzene rings is 3. The van der Waals surface area contributed by atoms with Crippen LogP contribution >= 0.6 is 0 Å². The van der Waals surface area contributed by atoms with Crippen LogP contribution < -0.4 is 30.0 Å². The van der Waals surface area contributed by atoms with Gasteiger partial charge in [-0.15, -0.1) is 0 Å². The van der Waals surface area contributed by atoms with Gasteiger partial charge in [0.1, 0.15) is 22.8 Å². The summed E-state index contributed by atoms with van der Waals surface area (Å²) in [7, 11) is 3.21. The zero-order valence-electron chi connectivity index (χ0n) is 27.9. The number of nitrogen functional groups attached to an aromatic ring is 1. The van der Waals surface area contributed by atoms with Crippen LogP contribution in [0.5, 0.6) is 28.7 Å². The Morgan fingerprint density at radius 2 is 1.68 bits per heavy atom. The first kappa shape index (κ1) is 33.6. The van der Waals surface area contributed by atoms with Gasteiger partial charge in [-0.05, 0) is 81.6 Å². The number of anilines is 1. The maximum Gasteiger partial charge on any atom is 0.256 e.